The van der Waals surface area contributed by atoms with Crippen molar-refractivity contribution in [2.24, 2.45) is 5.92 Å². The third kappa shape index (κ3) is 29.9. The van der Waals surface area contributed by atoms with Gasteiger partial charge in [-0.1, -0.05) is 127 Å². The van der Waals surface area contributed by atoms with Crippen LogP contribution in [0.25, 0.3) is 0 Å². The van der Waals surface area contributed by atoms with Crippen molar-refractivity contribution in [3.63, 3.8) is 0 Å². The lowest BCUT2D eigenvalue weighted by Crippen LogP contribution is -2.28. The summed E-state index contributed by atoms with van der Waals surface area (Å²) in [6.45, 7) is 6.12. The quantitative estimate of drug-likeness (QED) is 0.0473. The van der Waals surface area contributed by atoms with Crippen molar-refractivity contribution in [2.75, 3.05) is 13.2 Å². The van der Waals surface area contributed by atoms with Gasteiger partial charge in [0, 0.05) is 12.8 Å². The molecular weight excluding hydrogens is 552 g/mol. The van der Waals surface area contributed by atoms with Gasteiger partial charge in [-0.15, -0.1) is 0 Å². The first-order valence-electron chi connectivity index (χ1n) is 17.7. The maximum Gasteiger partial charge on any atom is 0.306 e. The van der Waals surface area contributed by atoms with E-state index in [-0.39, 0.29) is 31.3 Å². The fourth-order valence-electron chi connectivity index (χ4n) is 4.56. The molecule has 0 amide bonds. The first kappa shape index (κ1) is 41.8. The zero-order chi connectivity index (χ0) is 32.5. The average molecular weight is 619 g/mol. The van der Waals surface area contributed by atoms with E-state index < -0.39 is 6.10 Å². The Morgan fingerprint density at radius 2 is 1.16 bits per heavy atom. The Bertz CT molecular complexity index is 784. The van der Waals surface area contributed by atoms with Crippen molar-refractivity contribution >= 4 is 11.9 Å². The Hall–Kier alpha value is -2.18. The van der Waals surface area contributed by atoms with Crippen molar-refractivity contribution in [1.29, 1.82) is 0 Å². The van der Waals surface area contributed by atoms with Crippen LogP contribution >= 0.6 is 0 Å². The number of rotatable bonds is 30. The SMILES string of the molecule is CCC(C)CCCCCCCCCCC(=O)O[C@@H](CO)COC(=O)CCC/C=C\C/C=C\C/C=C\C/C=C\CC[C@@H](O)CC. The van der Waals surface area contributed by atoms with Crippen LogP contribution in [-0.2, 0) is 19.1 Å². The summed E-state index contributed by atoms with van der Waals surface area (Å²) in [5.41, 5.74) is 0. The standard InChI is InChI=1S/C38H66O6/c1-4-34(3)28-24-20-16-14-15-19-23-27-31-38(42)44-36(32-39)33-43-37(41)30-26-22-18-13-11-9-7-6-8-10-12-17-21-25-29-35(40)5-2/h7-10,13,17-18,21,34-36,39-40H,4-6,11-12,14-16,19-20,22-33H2,1-3H3/b9-7-,10-8-,18-13-,21-17-/t34?,35-,36-/m0/s1. The number of carbonyl (C=O) groups is 2. The molecule has 6 nitrogen and oxygen atoms in total. The summed E-state index contributed by atoms with van der Waals surface area (Å²) in [7, 11) is 0. The number of hydrogen-bond donors (Lipinski definition) is 2. The van der Waals surface area contributed by atoms with E-state index in [2.05, 4.69) is 62.5 Å². The van der Waals surface area contributed by atoms with Gasteiger partial charge in [-0.2, -0.15) is 0 Å². The van der Waals surface area contributed by atoms with E-state index in [9.17, 15) is 19.8 Å². The first-order valence-corrected chi connectivity index (χ1v) is 17.7. The number of hydrogen-bond acceptors (Lipinski definition) is 6. The fraction of sp³-hybridized carbons (Fsp3) is 0.737. The number of carbonyl (C=O) groups excluding carboxylic acids is 2. The Labute approximate surface area is 270 Å². The summed E-state index contributed by atoms with van der Waals surface area (Å²) in [5.74, 6) is 0.167. The molecule has 254 valence electrons. The third-order valence-corrected chi connectivity index (χ3v) is 7.83. The molecule has 3 atom stereocenters. The highest BCUT2D eigenvalue weighted by molar-refractivity contribution is 5.70. The van der Waals surface area contributed by atoms with E-state index in [1.807, 2.05) is 6.92 Å². The minimum absolute atomic E-state index is 0.105. The van der Waals surface area contributed by atoms with Gasteiger partial charge >= 0.3 is 11.9 Å². The van der Waals surface area contributed by atoms with Crippen LogP contribution in [0.2, 0.25) is 0 Å². The van der Waals surface area contributed by atoms with Gasteiger partial charge in [0.05, 0.1) is 12.7 Å². The molecule has 0 rings (SSSR count). The lowest BCUT2D eigenvalue weighted by Gasteiger charge is -2.15. The van der Waals surface area contributed by atoms with E-state index in [0.717, 1.165) is 70.1 Å². The topological polar surface area (TPSA) is 93.1 Å². The highest BCUT2D eigenvalue weighted by Gasteiger charge is 2.16. The third-order valence-electron chi connectivity index (χ3n) is 7.83. The largest absolute Gasteiger partial charge is 0.462 e. The second kappa shape index (κ2) is 32.2. The minimum Gasteiger partial charge on any atom is -0.462 e. The smallest absolute Gasteiger partial charge is 0.306 e. The average Bonchev–Trinajstić information content (AvgIpc) is 3.03. The number of aliphatic hydroxyl groups excluding tert-OH is 2. The molecule has 0 aliphatic rings. The van der Waals surface area contributed by atoms with Crippen LogP contribution in [0.1, 0.15) is 149 Å². The number of allylic oxidation sites excluding steroid dienone is 8. The van der Waals surface area contributed by atoms with E-state index in [0.29, 0.717) is 19.3 Å². The zero-order valence-corrected chi connectivity index (χ0v) is 28.4. The molecule has 0 aromatic rings. The molecule has 0 bridgehead atoms. The predicted molar refractivity (Wildman–Crippen MR) is 183 cm³/mol. The highest BCUT2D eigenvalue weighted by Crippen LogP contribution is 2.15. The summed E-state index contributed by atoms with van der Waals surface area (Å²) in [5, 5.41) is 19.0. The summed E-state index contributed by atoms with van der Waals surface area (Å²) >= 11 is 0. The van der Waals surface area contributed by atoms with E-state index in [1.54, 1.807) is 0 Å². The molecule has 0 aliphatic heterocycles. The highest BCUT2D eigenvalue weighted by atomic mass is 16.6. The van der Waals surface area contributed by atoms with E-state index >= 15 is 0 Å². The summed E-state index contributed by atoms with van der Waals surface area (Å²) < 4.78 is 10.5. The van der Waals surface area contributed by atoms with Gasteiger partial charge in [-0.05, 0) is 63.7 Å². The number of aliphatic hydroxyl groups is 2. The molecule has 2 N–H and O–H groups in total. The molecule has 1 unspecified atom stereocenters. The lowest BCUT2D eigenvalue weighted by atomic mass is 9.99. The summed E-state index contributed by atoms with van der Waals surface area (Å²) in [6.07, 6.45) is 35.4. The van der Waals surface area contributed by atoms with Crippen molar-refractivity contribution in [1.82, 2.24) is 0 Å². The molecule has 0 heterocycles. The van der Waals surface area contributed by atoms with Crippen LogP contribution in [0.4, 0.5) is 0 Å². The van der Waals surface area contributed by atoms with Gasteiger partial charge in [0.15, 0.2) is 6.10 Å². The van der Waals surface area contributed by atoms with E-state index in [4.69, 9.17) is 9.47 Å². The van der Waals surface area contributed by atoms with Crippen LogP contribution in [0.3, 0.4) is 0 Å². The van der Waals surface area contributed by atoms with Crippen molar-refractivity contribution in [2.45, 2.75) is 161 Å². The lowest BCUT2D eigenvalue weighted by molar-refractivity contribution is -0.161. The maximum atomic E-state index is 12.1. The molecule has 0 fully saturated rings. The van der Waals surface area contributed by atoms with Gasteiger partial charge in [0.25, 0.3) is 0 Å². The molecule has 0 saturated heterocycles. The molecular formula is C38H66O6. The molecule has 0 aromatic carbocycles. The van der Waals surface area contributed by atoms with Crippen molar-refractivity contribution in [3.8, 4) is 0 Å². The zero-order valence-electron chi connectivity index (χ0n) is 28.4. The van der Waals surface area contributed by atoms with Crippen LogP contribution in [0.5, 0.6) is 0 Å². The Morgan fingerprint density at radius 1 is 0.636 bits per heavy atom. The van der Waals surface area contributed by atoms with Crippen molar-refractivity contribution < 1.29 is 29.3 Å². The second-order valence-corrected chi connectivity index (χ2v) is 12.0. The second-order valence-electron chi connectivity index (χ2n) is 12.0. The van der Waals surface area contributed by atoms with Crippen LogP contribution < -0.4 is 0 Å². The van der Waals surface area contributed by atoms with Gasteiger partial charge in [0.2, 0.25) is 0 Å². The molecule has 0 spiro atoms. The number of esters is 2. The van der Waals surface area contributed by atoms with Gasteiger partial charge in [-0.25, -0.2) is 0 Å². The van der Waals surface area contributed by atoms with Crippen LogP contribution in [0, 0.1) is 5.92 Å². The first-order chi connectivity index (χ1) is 21.4. The minimum atomic E-state index is -0.801. The molecule has 44 heavy (non-hydrogen) atoms. The van der Waals surface area contributed by atoms with E-state index in [1.165, 1.54) is 44.9 Å². The van der Waals surface area contributed by atoms with Gasteiger partial charge in [-0.3, -0.25) is 9.59 Å². The molecule has 0 radical (unpaired) electrons. The maximum absolute atomic E-state index is 12.1. The summed E-state index contributed by atoms with van der Waals surface area (Å²) in [6, 6.07) is 0. The van der Waals surface area contributed by atoms with Gasteiger partial charge in [0.1, 0.15) is 6.61 Å². The Morgan fingerprint density at radius 3 is 1.73 bits per heavy atom. The number of unbranched alkanes of at least 4 members (excludes halogenated alkanes) is 8. The normalized spacial score (nSPS) is 14.2. The molecule has 0 aromatic heterocycles. The molecule has 0 aliphatic carbocycles. The molecule has 0 saturated carbocycles. The Kier molecular flexibility index (Phi) is 30.6. The number of ether oxygens (including phenoxy) is 2. The fourth-order valence-corrected chi connectivity index (χ4v) is 4.56. The van der Waals surface area contributed by atoms with Crippen molar-refractivity contribution in [3.05, 3.63) is 48.6 Å². The predicted octanol–water partition coefficient (Wildman–Crippen LogP) is 9.50. The van der Waals surface area contributed by atoms with Gasteiger partial charge < -0.3 is 19.7 Å². The Balaban J connectivity index is 3.73. The molecule has 6 heteroatoms. The van der Waals surface area contributed by atoms with Crippen LogP contribution in [-0.4, -0.2) is 47.6 Å². The summed E-state index contributed by atoms with van der Waals surface area (Å²) in [4.78, 5) is 24.1. The monoisotopic (exact) mass is 618 g/mol. The van der Waals surface area contributed by atoms with Crippen LogP contribution in [0.15, 0.2) is 48.6 Å².